The number of carbonyl (C=O) groups is 1. The number of halogens is 1. The Morgan fingerprint density at radius 3 is 2.54 bits per heavy atom. The Kier molecular flexibility index (Phi) is 7.11. The molecule has 0 radical (unpaired) electrons. The zero-order chi connectivity index (χ0) is 20.1. The summed E-state index contributed by atoms with van der Waals surface area (Å²) < 4.78 is 26.1. The van der Waals surface area contributed by atoms with Crippen molar-refractivity contribution in [1.29, 1.82) is 0 Å². The van der Waals surface area contributed by atoms with E-state index in [1.807, 2.05) is 24.3 Å². The number of sulfonamides is 1. The molecule has 1 aliphatic rings. The van der Waals surface area contributed by atoms with E-state index in [4.69, 9.17) is 11.6 Å². The van der Waals surface area contributed by atoms with Gasteiger partial charge in [0.1, 0.15) is 4.21 Å². The van der Waals surface area contributed by atoms with Crippen LogP contribution in [-0.2, 0) is 21.4 Å². The largest absolute Gasteiger partial charge is 0.352 e. The molecule has 1 aliphatic heterocycles. The fourth-order valence-corrected chi connectivity index (χ4v) is 5.66. The second-order valence-corrected chi connectivity index (χ2v) is 10.6. The highest BCUT2D eigenvalue weighted by molar-refractivity contribution is 7.91. The Morgan fingerprint density at radius 1 is 1.25 bits per heavy atom. The molecule has 0 aliphatic carbocycles. The molecule has 2 heterocycles. The van der Waals surface area contributed by atoms with Gasteiger partial charge in [-0.2, -0.15) is 4.31 Å². The van der Waals surface area contributed by atoms with Gasteiger partial charge in [0.15, 0.2) is 0 Å². The molecule has 6 nitrogen and oxygen atoms in total. The molecule has 0 atom stereocenters. The minimum atomic E-state index is -3.60. The first-order chi connectivity index (χ1) is 13.3. The lowest BCUT2D eigenvalue weighted by atomic mass is 10.0. The van der Waals surface area contributed by atoms with Crippen molar-refractivity contribution in [3.8, 4) is 0 Å². The van der Waals surface area contributed by atoms with Gasteiger partial charge in [-0.1, -0.05) is 29.8 Å². The van der Waals surface area contributed by atoms with Crippen LogP contribution in [0.4, 0.5) is 0 Å². The normalized spacial score (nSPS) is 16.4. The van der Waals surface area contributed by atoms with Crippen LogP contribution in [0.15, 0.2) is 46.0 Å². The average Bonchev–Trinajstić information content (AvgIpc) is 3.21. The van der Waals surface area contributed by atoms with Crippen LogP contribution in [0.25, 0.3) is 0 Å². The number of hydrogen-bond acceptors (Lipinski definition) is 5. The third-order valence-electron chi connectivity index (χ3n) is 4.80. The van der Waals surface area contributed by atoms with Gasteiger partial charge in [0.2, 0.25) is 5.91 Å². The molecular formula is C19H24ClN3O3S2. The van der Waals surface area contributed by atoms with Gasteiger partial charge in [0.05, 0.1) is 6.54 Å². The second kappa shape index (κ2) is 9.37. The fourth-order valence-electron chi connectivity index (χ4n) is 3.21. The first-order valence-electron chi connectivity index (χ1n) is 9.10. The van der Waals surface area contributed by atoms with E-state index in [1.54, 1.807) is 17.5 Å². The maximum atomic E-state index is 12.4. The summed E-state index contributed by atoms with van der Waals surface area (Å²) in [5.41, 5.74) is 1.22. The molecule has 152 valence electrons. The molecule has 2 aromatic rings. The minimum absolute atomic E-state index is 0.0757. The minimum Gasteiger partial charge on any atom is -0.352 e. The molecule has 0 spiro atoms. The Morgan fingerprint density at radius 2 is 1.93 bits per heavy atom. The number of rotatable bonds is 7. The SMILES string of the molecule is CN(CC(=O)NC1CCN(Cc2ccc(Cl)cc2)CC1)S(=O)(=O)c1cccs1. The number of nitrogens with zero attached hydrogens (tertiary/aromatic N) is 2. The van der Waals surface area contributed by atoms with Crippen LogP contribution < -0.4 is 5.32 Å². The van der Waals surface area contributed by atoms with Crippen molar-refractivity contribution in [3.63, 3.8) is 0 Å². The standard InChI is InChI=1S/C19H24ClN3O3S2/c1-22(28(25,26)19-3-2-12-27-19)14-18(24)21-17-8-10-23(11-9-17)13-15-4-6-16(20)7-5-15/h2-7,12,17H,8-11,13-14H2,1H3,(H,21,24). The smallest absolute Gasteiger partial charge is 0.252 e. The summed E-state index contributed by atoms with van der Waals surface area (Å²) in [5, 5.41) is 5.41. The topological polar surface area (TPSA) is 69.7 Å². The number of likely N-dealkylation sites (tertiary alicyclic amines) is 1. The van der Waals surface area contributed by atoms with Crippen molar-refractivity contribution < 1.29 is 13.2 Å². The summed E-state index contributed by atoms with van der Waals surface area (Å²) in [6, 6.07) is 11.1. The summed E-state index contributed by atoms with van der Waals surface area (Å²) in [6.45, 7) is 2.46. The number of nitrogens with one attached hydrogen (secondary N) is 1. The van der Waals surface area contributed by atoms with Crippen molar-refractivity contribution in [3.05, 3.63) is 52.4 Å². The summed E-state index contributed by atoms with van der Waals surface area (Å²) in [7, 11) is -2.17. The third kappa shape index (κ3) is 5.55. The molecule has 9 heteroatoms. The molecule has 0 unspecified atom stereocenters. The van der Waals surface area contributed by atoms with Crippen LogP contribution in [0, 0.1) is 0 Å². The monoisotopic (exact) mass is 441 g/mol. The van der Waals surface area contributed by atoms with Crippen molar-refractivity contribution in [2.45, 2.75) is 29.6 Å². The van der Waals surface area contributed by atoms with Crippen LogP contribution in [0.1, 0.15) is 18.4 Å². The van der Waals surface area contributed by atoms with Crippen LogP contribution >= 0.6 is 22.9 Å². The van der Waals surface area contributed by atoms with E-state index < -0.39 is 10.0 Å². The predicted molar refractivity (Wildman–Crippen MR) is 112 cm³/mol. The van der Waals surface area contributed by atoms with E-state index in [0.29, 0.717) is 0 Å². The quantitative estimate of drug-likeness (QED) is 0.717. The number of amides is 1. The van der Waals surface area contributed by atoms with Gasteiger partial charge in [-0.3, -0.25) is 9.69 Å². The van der Waals surface area contributed by atoms with E-state index in [9.17, 15) is 13.2 Å². The first-order valence-corrected chi connectivity index (χ1v) is 11.8. The maximum Gasteiger partial charge on any atom is 0.252 e. The molecule has 3 rings (SSSR count). The third-order valence-corrected chi connectivity index (χ3v) is 8.23. The molecule has 1 aromatic carbocycles. The molecule has 1 fully saturated rings. The van der Waals surface area contributed by atoms with Crippen LogP contribution in [-0.4, -0.2) is 56.3 Å². The number of hydrogen-bond donors (Lipinski definition) is 1. The fraction of sp³-hybridized carbons (Fsp3) is 0.421. The molecule has 28 heavy (non-hydrogen) atoms. The lowest BCUT2D eigenvalue weighted by molar-refractivity contribution is -0.122. The summed E-state index contributed by atoms with van der Waals surface area (Å²) in [6.07, 6.45) is 1.70. The highest BCUT2D eigenvalue weighted by Crippen LogP contribution is 2.20. The van der Waals surface area contributed by atoms with Crippen molar-refractivity contribution in [2.75, 3.05) is 26.7 Å². The van der Waals surface area contributed by atoms with Crippen molar-refractivity contribution in [1.82, 2.24) is 14.5 Å². The van der Waals surface area contributed by atoms with E-state index in [2.05, 4.69) is 10.2 Å². The van der Waals surface area contributed by atoms with Crippen LogP contribution in [0.2, 0.25) is 5.02 Å². The molecular weight excluding hydrogens is 418 g/mol. The van der Waals surface area contributed by atoms with E-state index in [0.717, 1.165) is 53.1 Å². The van der Waals surface area contributed by atoms with Gasteiger partial charge in [-0.15, -0.1) is 11.3 Å². The van der Waals surface area contributed by atoms with E-state index in [1.165, 1.54) is 12.6 Å². The van der Waals surface area contributed by atoms with E-state index >= 15 is 0 Å². The van der Waals surface area contributed by atoms with Crippen LogP contribution in [0.3, 0.4) is 0 Å². The van der Waals surface area contributed by atoms with E-state index in [-0.39, 0.29) is 22.7 Å². The summed E-state index contributed by atoms with van der Waals surface area (Å²) in [5.74, 6) is -0.265. The Labute approximate surface area is 175 Å². The van der Waals surface area contributed by atoms with Gasteiger partial charge in [0, 0.05) is 37.7 Å². The highest BCUT2D eigenvalue weighted by atomic mass is 35.5. The van der Waals surface area contributed by atoms with Crippen molar-refractivity contribution >= 4 is 38.9 Å². The molecule has 0 saturated carbocycles. The van der Waals surface area contributed by atoms with Gasteiger partial charge in [-0.25, -0.2) is 8.42 Å². The molecule has 1 amide bonds. The number of carbonyl (C=O) groups excluding carboxylic acids is 1. The number of likely N-dealkylation sites (N-methyl/N-ethyl adjacent to an activating group) is 1. The Bertz CT molecular complexity index is 878. The lowest BCUT2D eigenvalue weighted by Crippen LogP contribution is -2.47. The van der Waals surface area contributed by atoms with Gasteiger partial charge >= 0.3 is 0 Å². The predicted octanol–water partition coefficient (Wildman–Crippen LogP) is 2.80. The van der Waals surface area contributed by atoms with Gasteiger partial charge in [0.25, 0.3) is 10.0 Å². The van der Waals surface area contributed by atoms with Crippen molar-refractivity contribution in [2.24, 2.45) is 0 Å². The zero-order valence-electron chi connectivity index (χ0n) is 15.7. The first kappa shape index (κ1) is 21.3. The van der Waals surface area contributed by atoms with Gasteiger partial charge in [-0.05, 0) is 42.0 Å². The van der Waals surface area contributed by atoms with Crippen LogP contribution in [0.5, 0.6) is 0 Å². The zero-order valence-corrected chi connectivity index (χ0v) is 18.1. The molecule has 1 N–H and O–H groups in total. The number of thiophene rings is 1. The molecule has 1 saturated heterocycles. The lowest BCUT2D eigenvalue weighted by Gasteiger charge is -2.32. The number of benzene rings is 1. The summed E-state index contributed by atoms with van der Waals surface area (Å²) >= 11 is 7.07. The Balaban J connectivity index is 1.44. The highest BCUT2D eigenvalue weighted by Gasteiger charge is 2.26. The number of piperidine rings is 1. The second-order valence-electron chi connectivity index (χ2n) is 6.94. The van der Waals surface area contributed by atoms with Gasteiger partial charge < -0.3 is 5.32 Å². The maximum absolute atomic E-state index is 12.4. The average molecular weight is 442 g/mol. The Hall–Kier alpha value is -1.45. The molecule has 1 aromatic heterocycles. The summed E-state index contributed by atoms with van der Waals surface area (Å²) in [4.78, 5) is 14.6. The molecule has 0 bridgehead atoms.